The molecule has 134 valence electrons. The Hall–Kier alpha value is -3.03. The number of fused-ring (bicyclic) bond motifs is 1. The minimum atomic E-state index is -0.262. The van der Waals surface area contributed by atoms with Crippen LogP contribution in [0.4, 0.5) is 5.69 Å². The number of rotatable bonds is 5. The highest BCUT2D eigenvalue weighted by atomic mass is 32.1. The Bertz CT molecular complexity index is 1090. The van der Waals surface area contributed by atoms with Crippen LogP contribution in [-0.4, -0.2) is 16.2 Å². The second-order valence-corrected chi connectivity index (χ2v) is 7.66. The minimum Gasteiger partial charge on any atom is -0.347 e. The normalized spacial score (nSPS) is 10.7. The molecule has 2 N–H and O–H groups in total. The van der Waals surface area contributed by atoms with Gasteiger partial charge in [0.2, 0.25) is 0 Å². The molecule has 0 saturated carbocycles. The number of anilines is 1. The van der Waals surface area contributed by atoms with Crippen LogP contribution >= 0.6 is 22.9 Å². The zero-order valence-corrected chi connectivity index (χ0v) is 15.8. The Labute approximate surface area is 163 Å². The Morgan fingerprint density at radius 3 is 2.52 bits per heavy atom. The monoisotopic (exact) mass is 393 g/mol. The van der Waals surface area contributed by atoms with Gasteiger partial charge in [0.05, 0.1) is 11.2 Å². The van der Waals surface area contributed by atoms with Crippen molar-refractivity contribution in [3.8, 4) is 0 Å². The molecular formula is C20H15N3O2S2. The average molecular weight is 393 g/mol. The Morgan fingerprint density at radius 2 is 1.74 bits per heavy atom. The lowest BCUT2D eigenvalue weighted by Gasteiger charge is -2.06. The molecule has 0 atom stereocenters. The zero-order chi connectivity index (χ0) is 18.6. The van der Waals surface area contributed by atoms with Gasteiger partial charge in [0.25, 0.3) is 11.8 Å². The van der Waals surface area contributed by atoms with Crippen LogP contribution in [0.1, 0.15) is 25.7 Å². The van der Waals surface area contributed by atoms with Gasteiger partial charge < -0.3 is 10.6 Å². The second-order valence-electron chi connectivity index (χ2n) is 5.82. The molecule has 2 aromatic heterocycles. The molecule has 2 heterocycles. The van der Waals surface area contributed by atoms with Crippen molar-refractivity contribution in [2.45, 2.75) is 6.54 Å². The molecule has 0 fully saturated rings. The highest BCUT2D eigenvalue weighted by molar-refractivity contribution is 7.13. The number of thiophene rings is 1. The van der Waals surface area contributed by atoms with Crippen molar-refractivity contribution in [3.05, 3.63) is 82.2 Å². The molecule has 27 heavy (non-hydrogen) atoms. The number of carbonyl (C=O) groups excluding carboxylic acids is 2. The molecule has 7 heteroatoms. The fourth-order valence-corrected chi connectivity index (χ4v) is 4.05. The van der Waals surface area contributed by atoms with Gasteiger partial charge in [-0.25, -0.2) is 0 Å². The van der Waals surface area contributed by atoms with Gasteiger partial charge >= 0.3 is 0 Å². The molecule has 4 aromatic rings. The quantitative estimate of drug-likeness (QED) is 0.523. The number of aromatic nitrogens is 1. The van der Waals surface area contributed by atoms with Crippen LogP contribution in [0.3, 0.4) is 0 Å². The van der Waals surface area contributed by atoms with Crippen LogP contribution in [0.15, 0.2) is 66.0 Å². The molecule has 0 unspecified atom stereocenters. The van der Waals surface area contributed by atoms with Crippen molar-refractivity contribution in [3.63, 3.8) is 0 Å². The Morgan fingerprint density at radius 1 is 0.926 bits per heavy atom. The molecule has 0 aliphatic carbocycles. The standard InChI is InChI=1S/C20H15N3O2S2/c24-19(21-12-15-4-3-11-26-15)13-7-9-14(10-8-13)22-20(25)18-16-5-1-2-6-17(16)27-23-18/h1-11H,12H2,(H,21,24)(H,22,25). The molecule has 0 bridgehead atoms. The molecule has 0 aliphatic rings. The second kappa shape index (κ2) is 7.69. The summed E-state index contributed by atoms with van der Waals surface area (Å²) in [7, 11) is 0. The summed E-state index contributed by atoms with van der Waals surface area (Å²) >= 11 is 2.90. The van der Waals surface area contributed by atoms with E-state index >= 15 is 0 Å². The Balaban J connectivity index is 1.41. The Kier molecular flexibility index (Phi) is 4.95. The van der Waals surface area contributed by atoms with E-state index in [0.29, 0.717) is 23.5 Å². The van der Waals surface area contributed by atoms with Crippen molar-refractivity contribution in [2.24, 2.45) is 0 Å². The molecule has 0 spiro atoms. The summed E-state index contributed by atoms with van der Waals surface area (Å²) in [5.41, 5.74) is 1.57. The van der Waals surface area contributed by atoms with Crippen LogP contribution in [0.25, 0.3) is 10.1 Å². The van der Waals surface area contributed by atoms with Crippen molar-refractivity contribution in [1.82, 2.24) is 9.69 Å². The van der Waals surface area contributed by atoms with Gasteiger partial charge in [0.15, 0.2) is 0 Å². The summed E-state index contributed by atoms with van der Waals surface area (Å²) in [5, 5.41) is 8.53. The van der Waals surface area contributed by atoms with Crippen molar-refractivity contribution < 1.29 is 9.59 Å². The van der Waals surface area contributed by atoms with Gasteiger partial charge in [-0.05, 0) is 53.3 Å². The zero-order valence-electron chi connectivity index (χ0n) is 14.1. The topological polar surface area (TPSA) is 71.1 Å². The van der Waals surface area contributed by atoms with Gasteiger partial charge in [-0.15, -0.1) is 11.3 Å². The minimum absolute atomic E-state index is 0.147. The van der Waals surface area contributed by atoms with Crippen LogP contribution in [-0.2, 0) is 6.54 Å². The van der Waals surface area contributed by atoms with E-state index in [-0.39, 0.29) is 11.8 Å². The predicted molar refractivity (Wildman–Crippen MR) is 110 cm³/mol. The third-order valence-electron chi connectivity index (χ3n) is 4.00. The lowest BCUT2D eigenvalue weighted by molar-refractivity contribution is 0.0950. The fraction of sp³-hybridized carbons (Fsp3) is 0.0500. The van der Waals surface area contributed by atoms with Crippen LogP contribution in [0.2, 0.25) is 0 Å². The summed E-state index contributed by atoms with van der Waals surface area (Å²) in [5.74, 6) is -0.408. The van der Waals surface area contributed by atoms with Crippen molar-refractivity contribution in [2.75, 3.05) is 5.32 Å². The van der Waals surface area contributed by atoms with E-state index in [1.165, 1.54) is 11.5 Å². The SMILES string of the molecule is O=C(NCc1cccs1)c1ccc(NC(=O)c2nsc3ccccc23)cc1. The van der Waals surface area contributed by atoms with Gasteiger partial charge in [-0.1, -0.05) is 24.3 Å². The van der Waals surface area contributed by atoms with Gasteiger partial charge in [-0.2, -0.15) is 4.37 Å². The smallest absolute Gasteiger partial charge is 0.276 e. The number of hydrogen-bond acceptors (Lipinski definition) is 5. The van der Waals surface area contributed by atoms with Gasteiger partial charge in [0, 0.05) is 21.5 Å². The number of nitrogens with one attached hydrogen (secondary N) is 2. The first-order valence-corrected chi connectivity index (χ1v) is 9.92. The molecule has 2 aromatic carbocycles. The molecule has 0 saturated heterocycles. The fourth-order valence-electron chi connectivity index (χ4n) is 2.63. The summed E-state index contributed by atoms with van der Waals surface area (Å²) < 4.78 is 5.22. The van der Waals surface area contributed by atoms with E-state index in [2.05, 4.69) is 15.0 Å². The third-order valence-corrected chi connectivity index (χ3v) is 5.70. The van der Waals surface area contributed by atoms with E-state index in [4.69, 9.17) is 0 Å². The number of nitrogens with zero attached hydrogens (tertiary/aromatic N) is 1. The number of benzene rings is 2. The number of carbonyl (C=O) groups is 2. The molecule has 2 amide bonds. The lowest BCUT2D eigenvalue weighted by atomic mass is 10.1. The van der Waals surface area contributed by atoms with Gasteiger partial charge in [0.1, 0.15) is 5.69 Å². The third kappa shape index (κ3) is 3.89. The number of amides is 2. The molecule has 5 nitrogen and oxygen atoms in total. The van der Waals surface area contributed by atoms with Crippen LogP contribution in [0.5, 0.6) is 0 Å². The van der Waals surface area contributed by atoms with E-state index in [1.807, 2.05) is 41.8 Å². The summed E-state index contributed by atoms with van der Waals surface area (Å²) in [6.45, 7) is 0.506. The molecule has 0 radical (unpaired) electrons. The highest BCUT2D eigenvalue weighted by Crippen LogP contribution is 2.23. The van der Waals surface area contributed by atoms with Crippen molar-refractivity contribution in [1.29, 1.82) is 0 Å². The van der Waals surface area contributed by atoms with E-state index < -0.39 is 0 Å². The van der Waals surface area contributed by atoms with Gasteiger partial charge in [-0.3, -0.25) is 9.59 Å². The van der Waals surface area contributed by atoms with E-state index in [0.717, 1.165) is 15.0 Å². The van der Waals surface area contributed by atoms with E-state index in [9.17, 15) is 9.59 Å². The predicted octanol–water partition coefficient (Wildman–Crippen LogP) is 4.54. The first-order valence-electron chi connectivity index (χ1n) is 8.27. The highest BCUT2D eigenvalue weighted by Gasteiger charge is 2.14. The summed E-state index contributed by atoms with van der Waals surface area (Å²) in [4.78, 5) is 25.8. The molecule has 4 rings (SSSR count). The first-order chi connectivity index (χ1) is 13.2. The average Bonchev–Trinajstić information content (AvgIpc) is 3.36. The number of hydrogen-bond donors (Lipinski definition) is 2. The maximum atomic E-state index is 12.5. The first kappa shape index (κ1) is 17.4. The summed E-state index contributed by atoms with van der Waals surface area (Å²) in [6.07, 6.45) is 0. The maximum Gasteiger partial charge on any atom is 0.276 e. The van der Waals surface area contributed by atoms with Crippen molar-refractivity contribution >= 4 is 50.5 Å². The molecular weight excluding hydrogens is 378 g/mol. The summed E-state index contributed by atoms with van der Waals surface area (Å²) in [6, 6.07) is 18.4. The van der Waals surface area contributed by atoms with Crippen LogP contribution in [0, 0.1) is 0 Å². The van der Waals surface area contributed by atoms with Crippen LogP contribution < -0.4 is 10.6 Å². The van der Waals surface area contributed by atoms with E-state index in [1.54, 1.807) is 35.6 Å². The molecule has 0 aliphatic heterocycles. The maximum absolute atomic E-state index is 12.5. The lowest BCUT2D eigenvalue weighted by Crippen LogP contribution is -2.22. The largest absolute Gasteiger partial charge is 0.347 e.